The highest BCUT2D eigenvalue weighted by Crippen LogP contribution is 2.47. The van der Waals surface area contributed by atoms with Crippen molar-refractivity contribution in [3.05, 3.63) is 132 Å². The van der Waals surface area contributed by atoms with E-state index >= 15 is 14.4 Å². The van der Waals surface area contributed by atoms with Crippen molar-refractivity contribution >= 4 is 87.2 Å². The lowest BCUT2D eigenvalue weighted by atomic mass is 9.73. The Morgan fingerprint density at radius 2 is 0.896 bits per heavy atom. The summed E-state index contributed by atoms with van der Waals surface area (Å²) < 4.78 is 71.8. The van der Waals surface area contributed by atoms with Gasteiger partial charge in [0.1, 0.15) is 41.7 Å². The number of aliphatic hydroxyl groups excluding tert-OH is 2. The fourth-order valence-electron chi connectivity index (χ4n) is 21.9. The van der Waals surface area contributed by atoms with Gasteiger partial charge in [0.2, 0.25) is 0 Å². The first-order valence-corrected chi connectivity index (χ1v) is 48.4. The van der Waals surface area contributed by atoms with Crippen LogP contribution in [0.3, 0.4) is 0 Å². The second-order valence-corrected chi connectivity index (χ2v) is 39.5. The molecule has 8 aliphatic heterocycles. The summed E-state index contributed by atoms with van der Waals surface area (Å²) in [6.45, 7) is 34.0. The molecule has 0 unspecified atom stereocenters. The number of fused-ring (bicyclic) bond motifs is 4. The van der Waals surface area contributed by atoms with E-state index < -0.39 is 173 Å². The molecule has 8 fully saturated rings. The average Bonchev–Trinajstić information content (AvgIpc) is 1.58. The van der Waals surface area contributed by atoms with Gasteiger partial charge in [-0.15, -0.1) is 0 Å². The fraction of sp³-hybridized carbons (Fsp3) is 0.644. The number of Topliss-reactive ketones (excluding diaryl/α,β-unsaturated/α-hetero) is 4. The number of benzene rings is 3. The van der Waals surface area contributed by atoms with E-state index in [0.717, 1.165) is 91.9 Å². The van der Waals surface area contributed by atoms with E-state index in [2.05, 4.69) is 19.8 Å². The van der Waals surface area contributed by atoms with E-state index in [0.29, 0.717) is 44.6 Å². The molecule has 2 N–H and O–H groups in total. The highest BCUT2D eigenvalue weighted by Gasteiger charge is 2.63. The molecule has 0 aliphatic carbocycles. The Bertz CT molecular complexity index is 4890. The zero-order valence-corrected chi connectivity index (χ0v) is 82.6. The third kappa shape index (κ3) is 24.3. The lowest BCUT2D eigenvalue weighted by molar-refractivity contribution is -0.296. The number of likely N-dealkylation sites (N-methyl/N-ethyl adjacent to an activating group) is 2. The van der Waals surface area contributed by atoms with Crippen molar-refractivity contribution in [3.63, 3.8) is 0 Å². The Hall–Kier alpha value is -8.89. The SMILES string of the molecule is CC[C@H]1OC(=O)[C@H](C)C(=O)[C@H](C)[C@@H](O[C@@H]2O[C@H](C)C[C@H](N(C)C)[C@H]2O)[C@](C)(OC/C=C/c2cnc3ccccc3c2)C[C@@H](C)C(=O)[C@H](C)[C@H]2N(CCN3CCCC3)C(=O)O[C@]12C.CC[C@H]1OC(=O)[C@H](C)C(=O)[C@H](C)[C@@H](O[C@@H]2O[C@H](C)C[C@H](N(C)C)[C@H]2OC(=O)c2ccccc2)[C@](C)(OC/C=C/c2cnc3ccccc3c2)C[C@@H](C)C(=O)[C@H](C)[C@H]2N(CCN3CCCC3)C(=O)O[C@]12C.CO. The summed E-state index contributed by atoms with van der Waals surface area (Å²) in [5.41, 5.74) is -1.81. The lowest BCUT2D eigenvalue weighted by Gasteiger charge is -2.48. The Kier molecular flexibility index (Phi) is 36.6. The maximum Gasteiger partial charge on any atom is 0.410 e. The van der Waals surface area contributed by atoms with Gasteiger partial charge < -0.3 is 81.9 Å². The predicted molar refractivity (Wildman–Crippen MR) is 508 cm³/mol. The molecule has 0 saturated carbocycles. The van der Waals surface area contributed by atoms with Gasteiger partial charge in [-0.3, -0.25) is 48.5 Å². The minimum absolute atomic E-state index is 0.0261. The van der Waals surface area contributed by atoms with Crippen LogP contribution in [0.1, 0.15) is 196 Å². The van der Waals surface area contributed by atoms with Crippen LogP contribution in [-0.2, 0) is 80.9 Å². The maximum absolute atomic E-state index is 15.3. The molecule has 8 aliphatic rings. The van der Waals surface area contributed by atoms with Crippen LogP contribution in [0.5, 0.6) is 0 Å². The number of carbonyl (C=O) groups is 9. The first kappa shape index (κ1) is 106. The van der Waals surface area contributed by atoms with E-state index in [9.17, 15) is 33.9 Å². The predicted octanol–water partition coefficient (Wildman–Crippen LogP) is 13.3. The summed E-state index contributed by atoms with van der Waals surface area (Å²) in [6, 6.07) is 26.2. The third-order valence-electron chi connectivity index (χ3n) is 29.2. The number of aliphatic hydroxyl groups is 2. The van der Waals surface area contributed by atoms with Crippen molar-refractivity contribution in [1.29, 1.82) is 0 Å². The van der Waals surface area contributed by atoms with Crippen LogP contribution in [0.4, 0.5) is 9.59 Å². The van der Waals surface area contributed by atoms with Crippen molar-refractivity contribution in [2.24, 2.45) is 47.3 Å². The summed E-state index contributed by atoms with van der Waals surface area (Å²) >= 11 is 0. The molecule has 30 nitrogen and oxygen atoms in total. The number of aromatic nitrogens is 2. The van der Waals surface area contributed by atoms with Crippen LogP contribution in [-0.4, -0.2) is 312 Å². The smallest absolute Gasteiger partial charge is 0.410 e. The van der Waals surface area contributed by atoms with E-state index in [-0.39, 0.29) is 74.8 Å². The van der Waals surface area contributed by atoms with Crippen molar-refractivity contribution < 1.29 is 105 Å². The number of nitrogens with zero attached hydrogens (tertiary/aromatic N) is 8. The number of carbonyl (C=O) groups excluding carboxylic acids is 9. The normalized spacial score (nSPS) is 34.8. The van der Waals surface area contributed by atoms with Gasteiger partial charge in [-0.2, -0.15) is 0 Å². The zero-order valence-electron chi connectivity index (χ0n) is 82.6. The number of ether oxygens (including phenoxy) is 11. The van der Waals surface area contributed by atoms with Crippen molar-refractivity contribution in [3.8, 4) is 0 Å². The van der Waals surface area contributed by atoms with Gasteiger partial charge in [0, 0.05) is 98.0 Å². The lowest BCUT2D eigenvalue weighted by Crippen LogP contribution is -2.61. The molecule has 8 saturated heterocycles. The standard InChI is InChI=1S/C55H74N4O11.C48H70N4O10.CH4O/c1-11-44-55(8)48(59(53(64)70-55)28-27-58-25-17-18-26-58)36(4)45(60)34(2)32-54(7,65-29-19-20-39-31-41-23-15-16-24-42(41)56-33-39)49(37(5)46(61)38(6)50(62)67-44)69-52-47(43(57(9)10)30-35(3)66-52)68-51(63)40-21-13-12-14-22-40;1-11-38-48(8)42(52(46(57)62-48)23-22-51-20-14-15-21-51)31(4)39(53)29(2)27-47(7,58-24-16-17-34-26-35-18-12-13-19-36(35)49-28-34)43(32(5)40(54)33(6)44(56)60-38)61-45-41(55)37(50(9)10)25-30(3)59-45;1-2/h12-16,19-24,31,33-38,43-44,47-49,52H,11,17-18,25-30,32H2,1-10H3;12-13,16-19,26,28-33,37-38,41-43,45,55H,11,14-15,20-25,27H2,1-10H3;2H,1H3/b20-19+;17-16+;/t34-,35-,36+,37+,38-,43+,44-,47-,48-,49-,52+,54-,55-;29-,30-,31+,32+,33-,37+,38-,41-,42-,43-,45+,47-,48-;/m11./s1. The minimum atomic E-state index is -1.44. The summed E-state index contributed by atoms with van der Waals surface area (Å²) in [7, 11) is 8.56. The molecule has 0 radical (unpaired) electrons. The first-order chi connectivity index (χ1) is 63.7. The molecule has 3 aromatic carbocycles. The molecular formula is C104H148N8O22. The number of ketones is 4. The van der Waals surface area contributed by atoms with Gasteiger partial charge >= 0.3 is 30.1 Å². The monoisotopic (exact) mass is 1860 g/mol. The van der Waals surface area contributed by atoms with E-state index in [4.69, 9.17) is 57.2 Å². The second-order valence-electron chi connectivity index (χ2n) is 39.5. The number of rotatable bonds is 24. The highest BCUT2D eigenvalue weighted by molar-refractivity contribution is 6.01. The number of hydrogen-bond donors (Lipinski definition) is 2. The number of esters is 3. The van der Waals surface area contributed by atoms with Crippen LogP contribution >= 0.6 is 0 Å². The fourth-order valence-corrected chi connectivity index (χ4v) is 21.9. The quantitative estimate of drug-likeness (QED) is 0.0329. The molecule has 26 atom stereocenters. The van der Waals surface area contributed by atoms with Gasteiger partial charge in [0.15, 0.2) is 41.5 Å². The van der Waals surface area contributed by atoms with Crippen LogP contribution in [0.15, 0.2) is 116 Å². The number of likely N-dealkylation sites (tertiary alicyclic amines) is 2. The number of amides is 2. The largest absolute Gasteiger partial charge is 0.458 e. The topological polar surface area (TPSA) is 341 Å². The molecule has 5 aromatic rings. The third-order valence-corrected chi connectivity index (χ3v) is 29.2. The minimum Gasteiger partial charge on any atom is -0.458 e. The van der Waals surface area contributed by atoms with Gasteiger partial charge in [0.25, 0.3) is 0 Å². The van der Waals surface area contributed by atoms with Crippen molar-refractivity contribution in [2.45, 2.75) is 283 Å². The Morgan fingerprint density at radius 1 is 0.507 bits per heavy atom. The molecular weight excluding hydrogens is 1710 g/mol. The second kappa shape index (κ2) is 46.5. The summed E-state index contributed by atoms with van der Waals surface area (Å²) in [5, 5.41) is 20.7. The molecule has 0 bridgehead atoms. The van der Waals surface area contributed by atoms with Gasteiger partial charge in [-0.25, -0.2) is 14.4 Å². The van der Waals surface area contributed by atoms with Crippen molar-refractivity contribution in [2.75, 3.05) is 101 Å². The maximum atomic E-state index is 15.3. The molecule has 0 spiro atoms. The summed E-state index contributed by atoms with van der Waals surface area (Å²) in [4.78, 5) is 151. The van der Waals surface area contributed by atoms with Gasteiger partial charge in [0.05, 0.1) is 83.6 Å². The van der Waals surface area contributed by atoms with Crippen molar-refractivity contribution in [1.82, 2.24) is 39.4 Å². The first-order valence-electron chi connectivity index (χ1n) is 48.4. The Morgan fingerprint density at radius 3 is 1.31 bits per heavy atom. The van der Waals surface area contributed by atoms with E-state index in [1.165, 1.54) is 13.8 Å². The van der Waals surface area contributed by atoms with Crippen LogP contribution in [0.25, 0.3) is 34.0 Å². The number of para-hydroxylation sites is 2. The average molecular weight is 1860 g/mol. The van der Waals surface area contributed by atoms with Gasteiger partial charge in [-0.1, -0.05) is 134 Å². The molecule has 2 aromatic heterocycles. The number of hydrogen-bond acceptors (Lipinski definition) is 28. The summed E-state index contributed by atoms with van der Waals surface area (Å²) in [6.07, 6.45) is 6.71. The Balaban J connectivity index is 0.000000255. The Labute approximate surface area is 791 Å². The summed E-state index contributed by atoms with van der Waals surface area (Å²) in [5.74, 6) is -10.9. The number of cyclic esters (lactones) is 2. The number of pyridine rings is 2. The van der Waals surface area contributed by atoms with E-state index in [1.54, 1.807) is 74.2 Å². The molecule has 2 amide bonds. The van der Waals surface area contributed by atoms with Gasteiger partial charge in [-0.05, 0) is 221 Å². The zero-order chi connectivity index (χ0) is 97.6. The highest BCUT2D eigenvalue weighted by atomic mass is 16.7. The van der Waals surface area contributed by atoms with Crippen LogP contribution in [0.2, 0.25) is 0 Å². The van der Waals surface area contributed by atoms with Crippen LogP contribution in [0, 0.1) is 47.3 Å². The molecule has 736 valence electrons. The van der Waals surface area contributed by atoms with Crippen LogP contribution < -0.4 is 0 Å². The molecule has 10 heterocycles. The molecule has 30 heteroatoms. The van der Waals surface area contributed by atoms with E-state index in [1.807, 2.05) is 198 Å². The molecule has 13 rings (SSSR count). The molecule has 134 heavy (non-hydrogen) atoms.